The minimum absolute atomic E-state index is 0.0391. The van der Waals surface area contributed by atoms with Gasteiger partial charge in [0.1, 0.15) is 11.6 Å². The zero-order valence-corrected chi connectivity index (χ0v) is 15.2. The molecule has 1 amide bonds. The number of amides is 1. The Labute approximate surface area is 158 Å². The van der Waals surface area contributed by atoms with Crippen molar-refractivity contribution in [3.05, 3.63) is 60.4 Å². The Hall–Kier alpha value is -3.19. The third-order valence-corrected chi connectivity index (χ3v) is 4.15. The highest BCUT2D eigenvalue weighted by Gasteiger charge is 2.13. The molecule has 7 nitrogen and oxygen atoms in total. The van der Waals surface area contributed by atoms with Crippen molar-refractivity contribution < 1.29 is 9.53 Å². The molecule has 0 aliphatic rings. The maximum atomic E-state index is 12.3. The Morgan fingerprint density at radius 3 is 2.59 bits per heavy atom. The van der Waals surface area contributed by atoms with Gasteiger partial charge in [-0.15, -0.1) is 0 Å². The first kappa shape index (κ1) is 18.6. The number of H-pyrrole nitrogens is 1. The van der Waals surface area contributed by atoms with Crippen molar-refractivity contribution in [1.82, 2.24) is 15.2 Å². The van der Waals surface area contributed by atoms with Crippen molar-refractivity contribution in [3.8, 4) is 17.1 Å². The van der Waals surface area contributed by atoms with Gasteiger partial charge in [-0.1, -0.05) is 25.1 Å². The number of aromatic amines is 1. The van der Waals surface area contributed by atoms with Crippen molar-refractivity contribution >= 4 is 11.6 Å². The number of aromatic nitrogens is 3. The van der Waals surface area contributed by atoms with Crippen molar-refractivity contribution in [2.75, 3.05) is 11.9 Å². The van der Waals surface area contributed by atoms with Crippen LogP contribution in [-0.4, -0.2) is 27.7 Å². The number of anilines is 1. The van der Waals surface area contributed by atoms with Gasteiger partial charge in [-0.2, -0.15) is 5.10 Å². The number of para-hydroxylation sites is 1. The van der Waals surface area contributed by atoms with Crippen LogP contribution >= 0.6 is 0 Å². The summed E-state index contributed by atoms with van der Waals surface area (Å²) in [6.45, 7) is 2.69. The lowest BCUT2D eigenvalue weighted by molar-refractivity contribution is -0.119. The zero-order chi connectivity index (χ0) is 19.1. The number of hydrogen-bond donors (Lipinski definition) is 3. The number of carbonyl (C=O) groups excluding carboxylic acids is 1. The SMILES string of the molecule is CC(CCOc1ccccc1)C(=O)Nc1ccc(-c2n[nH]c(CN)n2)cc1. The molecule has 0 spiro atoms. The third-order valence-electron chi connectivity index (χ3n) is 4.15. The second kappa shape index (κ2) is 8.95. The summed E-state index contributed by atoms with van der Waals surface area (Å²) in [4.78, 5) is 16.6. The molecule has 0 saturated carbocycles. The average molecular weight is 365 g/mol. The number of ether oxygens (including phenoxy) is 1. The second-order valence-electron chi connectivity index (χ2n) is 6.23. The predicted octanol–water partition coefficient (Wildman–Crippen LogP) is 2.97. The maximum Gasteiger partial charge on any atom is 0.227 e. The van der Waals surface area contributed by atoms with E-state index in [0.717, 1.165) is 17.0 Å². The lowest BCUT2D eigenvalue weighted by Gasteiger charge is -2.13. The number of nitrogens with two attached hydrogens (primary N) is 1. The molecule has 2 aromatic carbocycles. The van der Waals surface area contributed by atoms with E-state index in [2.05, 4.69) is 20.5 Å². The molecule has 140 valence electrons. The van der Waals surface area contributed by atoms with Crippen LogP contribution in [0.5, 0.6) is 5.75 Å². The minimum Gasteiger partial charge on any atom is -0.494 e. The summed E-state index contributed by atoms with van der Waals surface area (Å²) < 4.78 is 5.65. The van der Waals surface area contributed by atoms with Crippen LogP contribution < -0.4 is 15.8 Å². The number of nitrogens with one attached hydrogen (secondary N) is 2. The van der Waals surface area contributed by atoms with E-state index in [1.54, 1.807) is 0 Å². The molecule has 4 N–H and O–H groups in total. The summed E-state index contributed by atoms with van der Waals surface area (Å²) in [6, 6.07) is 17.0. The maximum absolute atomic E-state index is 12.3. The van der Waals surface area contributed by atoms with E-state index in [4.69, 9.17) is 10.5 Å². The van der Waals surface area contributed by atoms with Crippen LogP contribution in [-0.2, 0) is 11.3 Å². The van der Waals surface area contributed by atoms with Gasteiger partial charge in [0.05, 0.1) is 13.2 Å². The molecule has 1 unspecified atom stereocenters. The third kappa shape index (κ3) is 5.15. The average Bonchev–Trinajstić information content (AvgIpc) is 3.18. The van der Waals surface area contributed by atoms with E-state index < -0.39 is 0 Å². The first-order chi connectivity index (χ1) is 13.2. The quantitative estimate of drug-likeness (QED) is 0.569. The zero-order valence-electron chi connectivity index (χ0n) is 15.2. The highest BCUT2D eigenvalue weighted by atomic mass is 16.5. The van der Waals surface area contributed by atoms with Crippen molar-refractivity contribution in [3.63, 3.8) is 0 Å². The van der Waals surface area contributed by atoms with Gasteiger partial charge in [-0.3, -0.25) is 9.89 Å². The van der Waals surface area contributed by atoms with Crippen LogP contribution in [0.25, 0.3) is 11.4 Å². The highest BCUT2D eigenvalue weighted by molar-refractivity contribution is 5.92. The number of benzene rings is 2. The number of nitrogens with zero attached hydrogens (tertiary/aromatic N) is 2. The predicted molar refractivity (Wildman–Crippen MR) is 104 cm³/mol. The molecule has 0 radical (unpaired) electrons. The number of hydrogen-bond acceptors (Lipinski definition) is 5. The van der Waals surface area contributed by atoms with Gasteiger partial charge in [-0.25, -0.2) is 4.98 Å². The van der Waals surface area contributed by atoms with E-state index in [1.165, 1.54) is 0 Å². The Kier molecular flexibility index (Phi) is 6.17. The Balaban J connectivity index is 1.49. The molecule has 27 heavy (non-hydrogen) atoms. The first-order valence-corrected chi connectivity index (χ1v) is 8.86. The van der Waals surface area contributed by atoms with Crippen LogP contribution in [0.15, 0.2) is 54.6 Å². The van der Waals surface area contributed by atoms with E-state index in [9.17, 15) is 4.79 Å². The molecule has 0 fully saturated rings. The van der Waals surface area contributed by atoms with E-state index in [1.807, 2.05) is 61.5 Å². The van der Waals surface area contributed by atoms with E-state index in [0.29, 0.717) is 31.2 Å². The van der Waals surface area contributed by atoms with Crippen molar-refractivity contribution in [2.24, 2.45) is 11.7 Å². The largest absolute Gasteiger partial charge is 0.494 e. The van der Waals surface area contributed by atoms with Gasteiger partial charge < -0.3 is 15.8 Å². The summed E-state index contributed by atoms with van der Waals surface area (Å²) >= 11 is 0. The van der Waals surface area contributed by atoms with Crippen LogP contribution in [0.1, 0.15) is 19.2 Å². The molecule has 0 saturated heterocycles. The van der Waals surface area contributed by atoms with Gasteiger partial charge in [0.25, 0.3) is 0 Å². The lowest BCUT2D eigenvalue weighted by Crippen LogP contribution is -2.22. The van der Waals surface area contributed by atoms with Gasteiger partial charge in [0.15, 0.2) is 5.82 Å². The fraction of sp³-hybridized carbons (Fsp3) is 0.250. The van der Waals surface area contributed by atoms with E-state index >= 15 is 0 Å². The van der Waals surface area contributed by atoms with E-state index in [-0.39, 0.29) is 11.8 Å². The second-order valence-corrected chi connectivity index (χ2v) is 6.23. The monoisotopic (exact) mass is 365 g/mol. The standard InChI is InChI=1S/C20H23N5O2/c1-14(11-12-27-17-5-3-2-4-6-17)20(26)22-16-9-7-15(8-10-16)19-23-18(13-21)24-25-19/h2-10,14H,11-13,21H2,1H3,(H,22,26)(H,23,24,25). The molecular formula is C20H23N5O2. The molecule has 0 aliphatic heterocycles. The fourth-order valence-corrected chi connectivity index (χ4v) is 2.49. The van der Waals surface area contributed by atoms with Gasteiger partial charge in [-0.05, 0) is 42.8 Å². The molecule has 1 heterocycles. The molecule has 3 aromatic rings. The summed E-state index contributed by atoms with van der Waals surface area (Å²) in [5.41, 5.74) is 7.11. The van der Waals surface area contributed by atoms with Gasteiger partial charge in [0.2, 0.25) is 5.91 Å². The molecule has 0 bridgehead atoms. The van der Waals surface area contributed by atoms with Crippen molar-refractivity contribution in [1.29, 1.82) is 0 Å². The van der Waals surface area contributed by atoms with Crippen molar-refractivity contribution in [2.45, 2.75) is 19.9 Å². The van der Waals surface area contributed by atoms with Crippen LogP contribution in [0.4, 0.5) is 5.69 Å². The summed E-state index contributed by atoms with van der Waals surface area (Å²) in [7, 11) is 0. The molecule has 1 atom stereocenters. The lowest BCUT2D eigenvalue weighted by atomic mass is 10.1. The van der Waals surface area contributed by atoms with Crippen LogP contribution in [0.3, 0.4) is 0 Å². The van der Waals surface area contributed by atoms with Gasteiger partial charge >= 0.3 is 0 Å². The molecule has 1 aromatic heterocycles. The molecule has 0 aliphatic carbocycles. The smallest absolute Gasteiger partial charge is 0.227 e. The minimum atomic E-state index is -0.159. The summed E-state index contributed by atoms with van der Waals surface area (Å²) in [5.74, 6) is 1.83. The Morgan fingerprint density at radius 1 is 1.19 bits per heavy atom. The number of carbonyl (C=O) groups is 1. The summed E-state index contributed by atoms with van der Waals surface area (Å²) in [5, 5.41) is 9.82. The topological polar surface area (TPSA) is 106 Å². The highest BCUT2D eigenvalue weighted by Crippen LogP contribution is 2.19. The van der Waals surface area contributed by atoms with Gasteiger partial charge in [0, 0.05) is 17.2 Å². The Morgan fingerprint density at radius 2 is 1.93 bits per heavy atom. The Bertz CT molecular complexity index is 862. The van der Waals surface area contributed by atoms with Crippen LogP contribution in [0.2, 0.25) is 0 Å². The summed E-state index contributed by atoms with van der Waals surface area (Å²) in [6.07, 6.45) is 0.637. The molecular weight excluding hydrogens is 342 g/mol. The van der Waals surface area contributed by atoms with Crippen LogP contribution in [0, 0.1) is 5.92 Å². The number of rotatable bonds is 8. The normalized spacial score (nSPS) is 11.8. The molecule has 3 rings (SSSR count). The first-order valence-electron chi connectivity index (χ1n) is 8.86. The fourth-order valence-electron chi connectivity index (χ4n) is 2.49. The molecule has 7 heteroatoms.